The molecule has 0 N–H and O–H groups in total. The van der Waals surface area contributed by atoms with E-state index in [-0.39, 0.29) is 11.1 Å². The molecule has 1 heterocycles. The van der Waals surface area contributed by atoms with E-state index in [1.807, 2.05) is 44.2 Å². The number of aryl methyl sites for hydroxylation is 2. The molecule has 0 atom stereocenters. The first kappa shape index (κ1) is 13.0. The van der Waals surface area contributed by atoms with Crippen LogP contribution in [0.3, 0.4) is 0 Å². The summed E-state index contributed by atoms with van der Waals surface area (Å²) < 4.78 is 1.36. The van der Waals surface area contributed by atoms with Crippen LogP contribution in [0.1, 0.15) is 27.9 Å². The third-order valence-electron chi connectivity index (χ3n) is 3.33. The zero-order valence-corrected chi connectivity index (χ0v) is 11.3. The third-order valence-corrected chi connectivity index (χ3v) is 3.33. The van der Waals surface area contributed by atoms with Crippen molar-refractivity contribution in [1.29, 1.82) is 5.26 Å². The van der Waals surface area contributed by atoms with E-state index >= 15 is 0 Å². The average molecular weight is 253 g/mol. The number of hydrogen-bond donors (Lipinski definition) is 0. The van der Waals surface area contributed by atoms with Crippen LogP contribution in [0.2, 0.25) is 0 Å². The van der Waals surface area contributed by atoms with E-state index in [1.54, 1.807) is 6.92 Å². The summed E-state index contributed by atoms with van der Waals surface area (Å²) in [5.74, 6) is 0. The predicted molar refractivity (Wildman–Crippen MR) is 73.0 cm³/mol. The van der Waals surface area contributed by atoms with Gasteiger partial charge in [0.25, 0.3) is 5.56 Å². The first-order valence-electron chi connectivity index (χ1n) is 6.07. The Hall–Kier alpha value is -2.41. The molecule has 0 saturated carbocycles. The van der Waals surface area contributed by atoms with Crippen molar-refractivity contribution in [1.82, 2.24) is 9.78 Å². The molecule has 0 amide bonds. The van der Waals surface area contributed by atoms with E-state index in [0.717, 1.165) is 11.1 Å². The van der Waals surface area contributed by atoms with Gasteiger partial charge in [-0.2, -0.15) is 10.4 Å². The second kappa shape index (κ2) is 5.07. The summed E-state index contributed by atoms with van der Waals surface area (Å²) in [6.45, 7) is 5.94. The number of benzene rings is 1. The molecule has 0 bridgehead atoms. The normalized spacial score (nSPS) is 10.2. The predicted octanol–water partition coefficient (Wildman–Crippen LogP) is 2.09. The van der Waals surface area contributed by atoms with E-state index in [1.165, 1.54) is 4.68 Å². The van der Waals surface area contributed by atoms with Crippen LogP contribution < -0.4 is 5.56 Å². The second-order valence-electron chi connectivity index (χ2n) is 4.59. The van der Waals surface area contributed by atoms with Gasteiger partial charge in [-0.25, -0.2) is 4.68 Å². The Bertz CT molecular complexity index is 723. The minimum atomic E-state index is -0.325. The highest BCUT2D eigenvalue weighted by Crippen LogP contribution is 2.09. The van der Waals surface area contributed by atoms with Crippen molar-refractivity contribution < 1.29 is 0 Å². The lowest BCUT2D eigenvalue weighted by atomic mass is 10.1. The fourth-order valence-corrected chi connectivity index (χ4v) is 1.96. The molecule has 0 saturated heterocycles. The Kier molecular flexibility index (Phi) is 3.48. The molecule has 0 aliphatic rings. The van der Waals surface area contributed by atoms with Gasteiger partial charge in [0, 0.05) is 0 Å². The van der Waals surface area contributed by atoms with Crippen molar-refractivity contribution in [2.75, 3.05) is 0 Å². The van der Waals surface area contributed by atoms with E-state index in [0.29, 0.717) is 17.8 Å². The standard InChI is InChI=1S/C15H15N3O/c1-10-6-4-5-7-13(10)9-18-15(19)14(8-16)11(2)12(3)17-18/h4-7H,9H2,1-3H3. The summed E-state index contributed by atoms with van der Waals surface area (Å²) in [6.07, 6.45) is 0. The maximum absolute atomic E-state index is 12.2. The summed E-state index contributed by atoms with van der Waals surface area (Å²) in [5.41, 5.74) is 3.37. The minimum absolute atomic E-state index is 0.182. The number of aromatic nitrogens is 2. The van der Waals surface area contributed by atoms with Crippen molar-refractivity contribution >= 4 is 0 Å². The van der Waals surface area contributed by atoms with Crippen molar-refractivity contribution in [3.63, 3.8) is 0 Å². The van der Waals surface area contributed by atoms with Crippen LogP contribution in [-0.4, -0.2) is 9.78 Å². The van der Waals surface area contributed by atoms with Crippen LogP contribution in [-0.2, 0) is 6.54 Å². The number of nitriles is 1. The molecule has 19 heavy (non-hydrogen) atoms. The molecule has 0 spiro atoms. The van der Waals surface area contributed by atoms with Gasteiger partial charge in [-0.05, 0) is 37.5 Å². The summed E-state index contributed by atoms with van der Waals surface area (Å²) in [6, 6.07) is 9.81. The monoisotopic (exact) mass is 253 g/mol. The van der Waals surface area contributed by atoms with Crippen LogP contribution in [0.15, 0.2) is 29.1 Å². The van der Waals surface area contributed by atoms with Crippen molar-refractivity contribution in [3.05, 3.63) is 62.6 Å². The lowest BCUT2D eigenvalue weighted by molar-refractivity contribution is 0.620. The van der Waals surface area contributed by atoms with Crippen LogP contribution in [0.4, 0.5) is 0 Å². The lowest BCUT2D eigenvalue weighted by Gasteiger charge is -2.10. The maximum atomic E-state index is 12.2. The van der Waals surface area contributed by atoms with E-state index in [9.17, 15) is 4.79 Å². The summed E-state index contributed by atoms with van der Waals surface area (Å²) in [5, 5.41) is 13.3. The van der Waals surface area contributed by atoms with Gasteiger partial charge in [0.15, 0.2) is 0 Å². The Morgan fingerprint density at radius 1 is 1.26 bits per heavy atom. The summed E-state index contributed by atoms with van der Waals surface area (Å²) in [7, 11) is 0. The fourth-order valence-electron chi connectivity index (χ4n) is 1.96. The molecule has 4 heteroatoms. The van der Waals surface area contributed by atoms with Gasteiger partial charge in [0.05, 0.1) is 12.2 Å². The molecule has 0 fully saturated rings. The highest BCUT2D eigenvalue weighted by atomic mass is 16.1. The Morgan fingerprint density at radius 3 is 2.58 bits per heavy atom. The lowest BCUT2D eigenvalue weighted by Crippen LogP contribution is -2.28. The molecule has 96 valence electrons. The Balaban J connectivity index is 2.54. The van der Waals surface area contributed by atoms with Crippen LogP contribution in [0.5, 0.6) is 0 Å². The van der Waals surface area contributed by atoms with E-state index < -0.39 is 0 Å². The zero-order valence-electron chi connectivity index (χ0n) is 11.3. The zero-order chi connectivity index (χ0) is 14.0. The van der Waals surface area contributed by atoms with Gasteiger partial charge in [-0.1, -0.05) is 24.3 Å². The van der Waals surface area contributed by atoms with Gasteiger partial charge in [-0.15, -0.1) is 0 Å². The maximum Gasteiger partial charge on any atom is 0.285 e. The quantitative estimate of drug-likeness (QED) is 0.823. The van der Waals surface area contributed by atoms with Gasteiger partial charge in [0.2, 0.25) is 0 Å². The first-order chi connectivity index (χ1) is 9.04. The van der Waals surface area contributed by atoms with Crippen LogP contribution >= 0.6 is 0 Å². The third kappa shape index (κ3) is 2.41. The summed E-state index contributed by atoms with van der Waals surface area (Å²) in [4.78, 5) is 12.2. The Morgan fingerprint density at radius 2 is 1.95 bits per heavy atom. The van der Waals surface area contributed by atoms with Gasteiger partial charge < -0.3 is 0 Å². The van der Waals surface area contributed by atoms with Gasteiger partial charge >= 0.3 is 0 Å². The molecule has 2 aromatic rings. The van der Waals surface area contributed by atoms with Gasteiger partial charge in [-0.3, -0.25) is 4.79 Å². The molecule has 2 rings (SSSR count). The average Bonchev–Trinajstić information content (AvgIpc) is 2.39. The smallest absolute Gasteiger partial charge is 0.266 e. The molecular weight excluding hydrogens is 238 g/mol. The number of rotatable bonds is 2. The number of nitrogens with zero attached hydrogens (tertiary/aromatic N) is 3. The SMILES string of the molecule is Cc1ccccc1Cn1nc(C)c(C)c(C#N)c1=O. The number of hydrogen-bond acceptors (Lipinski definition) is 3. The highest BCUT2D eigenvalue weighted by Gasteiger charge is 2.12. The van der Waals surface area contributed by atoms with Crippen molar-refractivity contribution in [2.24, 2.45) is 0 Å². The Labute approximate surface area is 111 Å². The molecule has 0 radical (unpaired) electrons. The van der Waals surface area contributed by atoms with Crippen LogP contribution in [0, 0.1) is 32.1 Å². The molecular formula is C15H15N3O. The molecule has 1 aromatic heterocycles. The molecule has 1 aromatic carbocycles. The fraction of sp³-hybridized carbons (Fsp3) is 0.267. The molecule has 4 nitrogen and oxygen atoms in total. The van der Waals surface area contributed by atoms with E-state index in [2.05, 4.69) is 5.10 Å². The van der Waals surface area contributed by atoms with Crippen LogP contribution in [0.25, 0.3) is 0 Å². The molecule has 0 aliphatic heterocycles. The van der Waals surface area contributed by atoms with E-state index in [4.69, 9.17) is 5.26 Å². The molecule has 0 unspecified atom stereocenters. The van der Waals surface area contributed by atoms with Crippen molar-refractivity contribution in [2.45, 2.75) is 27.3 Å². The molecule has 0 aliphatic carbocycles. The summed E-state index contributed by atoms with van der Waals surface area (Å²) >= 11 is 0. The minimum Gasteiger partial charge on any atom is -0.266 e. The topological polar surface area (TPSA) is 58.7 Å². The largest absolute Gasteiger partial charge is 0.285 e. The first-order valence-corrected chi connectivity index (χ1v) is 6.07. The van der Waals surface area contributed by atoms with Gasteiger partial charge in [0.1, 0.15) is 11.6 Å². The van der Waals surface area contributed by atoms with Crippen molar-refractivity contribution in [3.8, 4) is 6.07 Å². The second-order valence-corrected chi connectivity index (χ2v) is 4.59. The highest BCUT2D eigenvalue weighted by molar-refractivity contribution is 5.36.